The van der Waals surface area contributed by atoms with Crippen molar-refractivity contribution in [3.8, 4) is 0 Å². The highest BCUT2D eigenvalue weighted by molar-refractivity contribution is 7.11. The maximum Gasteiger partial charge on any atom is 0.365 e. The second-order valence-corrected chi connectivity index (χ2v) is 6.52. The first-order valence-corrected chi connectivity index (χ1v) is 7.43. The summed E-state index contributed by atoms with van der Waals surface area (Å²) in [5, 5.41) is 14.2. The molecule has 0 spiro atoms. The Hall–Kier alpha value is -0.980. The minimum Gasteiger partial charge on any atom is -0.476 e. The van der Waals surface area contributed by atoms with E-state index in [0.29, 0.717) is 12.0 Å². The zero-order chi connectivity index (χ0) is 13.9. The summed E-state index contributed by atoms with van der Waals surface area (Å²) < 4.78 is 0. The van der Waals surface area contributed by atoms with Crippen LogP contribution in [0.15, 0.2) is 5.38 Å². The van der Waals surface area contributed by atoms with Crippen LogP contribution >= 0.6 is 11.3 Å². The van der Waals surface area contributed by atoms with E-state index in [1.54, 1.807) is 0 Å². The summed E-state index contributed by atoms with van der Waals surface area (Å²) in [6.45, 7) is 6.22. The Morgan fingerprint density at radius 3 is 2.84 bits per heavy atom. The van der Waals surface area contributed by atoms with Gasteiger partial charge in [-0.25, -0.2) is 9.78 Å². The lowest BCUT2D eigenvalue weighted by Crippen LogP contribution is -2.41. The molecule has 1 fully saturated rings. The van der Waals surface area contributed by atoms with E-state index in [1.807, 2.05) is 5.38 Å². The second kappa shape index (κ2) is 5.98. The summed E-state index contributed by atoms with van der Waals surface area (Å²) in [5.41, 5.74) is 1.16. The summed E-state index contributed by atoms with van der Waals surface area (Å²) in [6, 6.07) is 0. The molecule has 19 heavy (non-hydrogen) atoms. The highest BCUT2D eigenvalue weighted by Gasteiger charge is 2.28. The summed E-state index contributed by atoms with van der Waals surface area (Å²) in [7, 11) is 2.16. The van der Waals surface area contributed by atoms with Crippen molar-refractivity contribution in [2.75, 3.05) is 26.7 Å². The van der Waals surface area contributed by atoms with Gasteiger partial charge in [0.2, 0.25) is 5.01 Å². The van der Waals surface area contributed by atoms with Gasteiger partial charge < -0.3 is 15.3 Å². The third-order valence-corrected chi connectivity index (χ3v) is 4.67. The molecule has 0 saturated carbocycles. The standard InChI is InChI=1S/C13H21N3O2S/c1-13(3-5-16(2)6-4-13)9-14-7-10-8-19-11(15-10)12(17)18/h8,14H,3-7,9H2,1-2H3,(H,17,18). The van der Waals surface area contributed by atoms with E-state index in [9.17, 15) is 4.79 Å². The highest BCUT2D eigenvalue weighted by atomic mass is 32.1. The number of piperidine rings is 1. The molecule has 0 bridgehead atoms. The molecule has 2 N–H and O–H groups in total. The lowest BCUT2D eigenvalue weighted by molar-refractivity contribution is 0.0696. The molecule has 5 nitrogen and oxygen atoms in total. The van der Waals surface area contributed by atoms with Gasteiger partial charge in [-0.2, -0.15) is 0 Å². The van der Waals surface area contributed by atoms with E-state index < -0.39 is 5.97 Å². The Morgan fingerprint density at radius 1 is 1.58 bits per heavy atom. The third-order valence-electron chi connectivity index (χ3n) is 3.79. The van der Waals surface area contributed by atoms with Gasteiger partial charge in [-0.05, 0) is 38.4 Å². The van der Waals surface area contributed by atoms with E-state index in [0.717, 1.165) is 25.3 Å². The fourth-order valence-corrected chi connectivity index (χ4v) is 2.97. The normalized spacial score (nSPS) is 19.5. The van der Waals surface area contributed by atoms with Crippen LogP contribution < -0.4 is 5.32 Å². The molecular formula is C13H21N3O2S. The summed E-state index contributed by atoms with van der Waals surface area (Å²) in [6.07, 6.45) is 2.40. The maximum absolute atomic E-state index is 10.7. The molecule has 0 radical (unpaired) electrons. The zero-order valence-electron chi connectivity index (χ0n) is 11.5. The number of hydrogen-bond acceptors (Lipinski definition) is 5. The first-order chi connectivity index (χ1) is 8.98. The lowest BCUT2D eigenvalue weighted by atomic mass is 9.80. The molecule has 1 aliphatic rings. The number of likely N-dealkylation sites (tertiary alicyclic amines) is 1. The number of nitrogens with one attached hydrogen (secondary N) is 1. The van der Waals surface area contributed by atoms with E-state index in [1.165, 1.54) is 24.2 Å². The van der Waals surface area contributed by atoms with Crippen molar-refractivity contribution in [1.29, 1.82) is 0 Å². The largest absolute Gasteiger partial charge is 0.476 e. The van der Waals surface area contributed by atoms with E-state index >= 15 is 0 Å². The molecule has 1 aromatic heterocycles. The molecule has 0 aliphatic carbocycles. The van der Waals surface area contributed by atoms with E-state index in [2.05, 4.69) is 29.2 Å². The van der Waals surface area contributed by atoms with Crippen molar-refractivity contribution in [2.24, 2.45) is 5.41 Å². The number of carboxylic acid groups (broad SMARTS) is 1. The van der Waals surface area contributed by atoms with Gasteiger partial charge in [-0.3, -0.25) is 0 Å². The number of carboxylic acids is 1. The van der Waals surface area contributed by atoms with Crippen LogP contribution in [-0.2, 0) is 6.54 Å². The molecule has 1 saturated heterocycles. The first-order valence-electron chi connectivity index (χ1n) is 6.55. The molecule has 1 aliphatic heterocycles. The topological polar surface area (TPSA) is 65.5 Å². The number of aromatic carboxylic acids is 1. The second-order valence-electron chi connectivity index (χ2n) is 5.67. The summed E-state index contributed by atoms with van der Waals surface area (Å²) in [5.74, 6) is -0.946. The van der Waals surface area contributed by atoms with E-state index in [-0.39, 0.29) is 5.01 Å². The van der Waals surface area contributed by atoms with Crippen LogP contribution in [-0.4, -0.2) is 47.6 Å². The fourth-order valence-electron chi connectivity index (χ4n) is 2.31. The Morgan fingerprint density at radius 2 is 2.26 bits per heavy atom. The van der Waals surface area contributed by atoms with Gasteiger partial charge in [0.1, 0.15) is 0 Å². The molecule has 2 rings (SSSR count). The van der Waals surface area contributed by atoms with Crippen LogP contribution in [0.2, 0.25) is 0 Å². The molecule has 106 valence electrons. The van der Waals surface area contributed by atoms with Gasteiger partial charge >= 0.3 is 5.97 Å². The minimum atomic E-state index is -0.946. The number of hydrogen-bond donors (Lipinski definition) is 2. The van der Waals surface area contributed by atoms with Gasteiger partial charge in [0.05, 0.1) is 5.69 Å². The van der Waals surface area contributed by atoms with Gasteiger partial charge in [0, 0.05) is 18.5 Å². The number of aromatic nitrogens is 1. The van der Waals surface area contributed by atoms with Crippen LogP contribution in [0.1, 0.15) is 35.3 Å². The number of rotatable bonds is 5. The molecule has 0 unspecified atom stereocenters. The van der Waals surface area contributed by atoms with Crippen molar-refractivity contribution in [3.63, 3.8) is 0 Å². The Balaban J connectivity index is 1.78. The highest BCUT2D eigenvalue weighted by Crippen LogP contribution is 2.29. The average Bonchev–Trinajstić information content (AvgIpc) is 2.82. The third kappa shape index (κ3) is 3.99. The molecular weight excluding hydrogens is 262 g/mol. The van der Waals surface area contributed by atoms with Gasteiger partial charge in [-0.15, -0.1) is 11.3 Å². The van der Waals surface area contributed by atoms with Crippen molar-refractivity contribution in [3.05, 3.63) is 16.1 Å². The molecule has 0 amide bonds. The van der Waals surface area contributed by atoms with Crippen molar-refractivity contribution < 1.29 is 9.90 Å². The lowest BCUT2D eigenvalue weighted by Gasteiger charge is -2.38. The molecule has 1 aromatic rings. The van der Waals surface area contributed by atoms with Crippen LogP contribution in [0.4, 0.5) is 0 Å². The van der Waals surface area contributed by atoms with E-state index in [4.69, 9.17) is 5.11 Å². The molecule has 0 aromatic carbocycles. The van der Waals surface area contributed by atoms with Crippen molar-refractivity contribution in [1.82, 2.24) is 15.2 Å². The predicted octanol–water partition coefficient (Wildman–Crippen LogP) is 1.66. The van der Waals surface area contributed by atoms with Gasteiger partial charge in [-0.1, -0.05) is 6.92 Å². The van der Waals surface area contributed by atoms with Crippen LogP contribution in [0.25, 0.3) is 0 Å². The minimum absolute atomic E-state index is 0.169. The van der Waals surface area contributed by atoms with Crippen LogP contribution in [0, 0.1) is 5.41 Å². The zero-order valence-corrected chi connectivity index (χ0v) is 12.3. The number of thiazole rings is 1. The smallest absolute Gasteiger partial charge is 0.365 e. The quantitative estimate of drug-likeness (QED) is 0.860. The number of carbonyl (C=O) groups is 1. The average molecular weight is 283 g/mol. The van der Waals surface area contributed by atoms with Gasteiger partial charge in [0.15, 0.2) is 0 Å². The monoisotopic (exact) mass is 283 g/mol. The molecule has 2 heterocycles. The number of nitrogens with zero attached hydrogens (tertiary/aromatic N) is 2. The first kappa shape index (κ1) is 14.4. The summed E-state index contributed by atoms with van der Waals surface area (Å²) >= 11 is 1.19. The fraction of sp³-hybridized carbons (Fsp3) is 0.692. The van der Waals surface area contributed by atoms with Gasteiger partial charge in [0.25, 0.3) is 0 Å². The Kier molecular flexibility index (Phi) is 4.54. The SMILES string of the molecule is CN1CCC(C)(CNCc2csc(C(=O)O)n2)CC1. The van der Waals surface area contributed by atoms with Crippen LogP contribution in [0.3, 0.4) is 0 Å². The Labute approximate surface area is 117 Å². The van der Waals surface area contributed by atoms with Crippen molar-refractivity contribution in [2.45, 2.75) is 26.3 Å². The summed E-state index contributed by atoms with van der Waals surface area (Å²) in [4.78, 5) is 17.2. The maximum atomic E-state index is 10.7. The Bertz CT molecular complexity index is 439. The van der Waals surface area contributed by atoms with Crippen molar-refractivity contribution >= 4 is 17.3 Å². The van der Waals surface area contributed by atoms with Crippen LogP contribution in [0.5, 0.6) is 0 Å². The predicted molar refractivity (Wildman–Crippen MR) is 75.6 cm³/mol. The molecule has 6 heteroatoms. The molecule has 0 atom stereocenters.